The molecule has 2 atom stereocenters. The first-order valence-corrected chi connectivity index (χ1v) is 11.7. The minimum Gasteiger partial charge on any atom is -0.543 e. The molecule has 0 spiro atoms. The standard InChI is InChI=1S/C14H13F2N5O7S3.Na/c15-13(16)31(27,28)3-4-1-29-11-7(10(23)21(11)8(4)12(24)25)19-9(22)6(20-26)5-2-30-14(17)18-5;/h2,7,11,13,26H,1,3H2,(H2,17,18)(H,19,22)(H,24,25);/q;+1/p-1/b20-6-;/t7?,11-;/m1./s1. The third-order valence-electron chi connectivity index (χ3n) is 4.25. The number of carboxylic acid groups (broad SMARTS) is 1. The largest absolute Gasteiger partial charge is 1.00 e. The van der Waals surface area contributed by atoms with Crippen LogP contribution in [0.25, 0.3) is 0 Å². The van der Waals surface area contributed by atoms with Gasteiger partial charge in [-0.25, -0.2) is 13.4 Å². The van der Waals surface area contributed by atoms with Crippen LogP contribution in [-0.4, -0.2) is 75.7 Å². The summed E-state index contributed by atoms with van der Waals surface area (Å²) >= 11 is 1.83. The Hall–Kier alpha value is -1.79. The van der Waals surface area contributed by atoms with Crippen molar-refractivity contribution < 1.29 is 71.5 Å². The van der Waals surface area contributed by atoms with E-state index in [0.29, 0.717) is 4.90 Å². The molecule has 32 heavy (non-hydrogen) atoms. The van der Waals surface area contributed by atoms with Crippen LogP contribution in [0.15, 0.2) is 21.8 Å². The fourth-order valence-corrected chi connectivity index (χ4v) is 5.78. The molecule has 1 fully saturated rings. The maximum Gasteiger partial charge on any atom is 1.00 e. The number of nitrogens with one attached hydrogen (secondary N) is 1. The Labute approximate surface area is 209 Å². The summed E-state index contributed by atoms with van der Waals surface area (Å²) in [4.78, 5) is 40.8. The normalized spacial score (nSPS) is 21.0. The van der Waals surface area contributed by atoms with Gasteiger partial charge in [-0.2, -0.15) is 8.78 Å². The van der Waals surface area contributed by atoms with Gasteiger partial charge in [-0.05, 0) is 5.57 Å². The second kappa shape index (κ2) is 10.0. The summed E-state index contributed by atoms with van der Waals surface area (Å²) < 4.78 is 48.3. The van der Waals surface area contributed by atoms with Gasteiger partial charge < -0.3 is 26.2 Å². The van der Waals surface area contributed by atoms with Crippen molar-refractivity contribution in [1.29, 1.82) is 0 Å². The molecular formula is C14H12F2N5NaO7S3. The zero-order valence-electron chi connectivity index (χ0n) is 16.0. The number of thioether (sulfide) groups is 1. The first kappa shape index (κ1) is 26.5. The number of carboxylic acids is 1. The minimum absolute atomic E-state index is 0. The predicted octanol–water partition coefficient (Wildman–Crippen LogP) is -5.05. The number of rotatable bonds is 7. The molecule has 1 aromatic rings. The monoisotopic (exact) mass is 519 g/mol. The number of β-lactam (4-membered cyclic amide) rings is 1. The van der Waals surface area contributed by atoms with E-state index in [1.807, 2.05) is 0 Å². The maximum atomic E-state index is 12.7. The van der Waals surface area contributed by atoms with Crippen LogP contribution >= 0.6 is 23.1 Å². The number of alkyl halides is 2. The number of nitrogen functional groups attached to an aromatic ring is 1. The zero-order chi connectivity index (χ0) is 23.1. The van der Waals surface area contributed by atoms with Gasteiger partial charge in [0.25, 0.3) is 11.8 Å². The molecule has 1 saturated heterocycles. The van der Waals surface area contributed by atoms with E-state index in [0.717, 1.165) is 23.1 Å². The van der Waals surface area contributed by atoms with Gasteiger partial charge in [0.05, 0.1) is 17.4 Å². The Bertz CT molecular complexity index is 1120. The Morgan fingerprint density at radius 3 is 2.62 bits per heavy atom. The summed E-state index contributed by atoms with van der Waals surface area (Å²) in [5.74, 6) is -9.15. The molecule has 0 aliphatic carbocycles. The molecule has 3 heterocycles. The number of hydrogen-bond acceptors (Lipinski definition) is 12. The van der Waals surface area contributed by atoms with Crippen molar-refractivity contribution in [1.82, 2.24) is 15.2 Å². The van der Waals surface area contributed by atoms with E-state index in [2.05, 4.69) is 15.5 Å². The van der Waals surface area contributed by atoms with Crippen molar-refractivity contribution in [2.45, 2.75) is 17.2 Å². The molecule has 12 nitrogen and oxygen atoms in total. The first-order valence-electron chi connectivity index (χ1n) is 8.10. The number of halogens is 2. The summed E-state index contributed by atoms with van der Waals surface area (Å²) in [6, 6.07) is -1.26. The summed E-state index contributed by atoms with van der Waals surface area (Å²) in [5, 5.41) is 26.2. The van der Waals surface area contributed by atoms with Crippen LogP contribution in [0.4, 0.5) is 13.9 Å². The second-order valence-corrected chi connectivity index (χ2v) is 10.2. The van der Waals surface area contributed by atoms with E-state index in [-0.39, 0.29) is 46.1 Å². The third-order valence-corrected chi connectivity index (χ3v) is 7.56. The quantitative estimate of drug-likeness (QED) is 0.103. The van der Waals surface area contributed by atoms with Crippen LogP contribution in [0.3, 0.4) is 0 Å². The summed E-state index contributed by atoms with van der Waals surface area (Å²) in [7, 11) is -4.94. The molecule has 4 N–H and O–H groups in total. The van der Waals surface area contributed by atoms with Crippen molar-refractivity contribution in [3.8, 4) is 0 Å². The summed E-state index contributed by atoms with van der Waals surface area (Å²) in [6.45, 7) is 0. The number of amides is 2. The number of nitrogens with zero attached hydrogens (tertiary/aromatic N) is 3. The molecule has 18 heteroatoms. The van der Waals surface area contributed by atoms with Crippen LogP contribution in [0.2, 0.25) is 0 Å². The third kappa shape index (κ3) is 4.91. The zero-order valence-corrected chi connectivity index (χ0v) is 20.5. The van der Waals surface area contributed by atoms with E-state index < -0.39 is 67.5 Å². The fourth-order valence-electron chi connectivity index (χ4n) is 2.91. The smallest absolute Gasteiger partial charge is 0.543 e. The number of aliphatic carboxylic acids is 1. The summed E-state index contributed by atoms with van der Waals surface area (Å²) in [6.07, 6.45) is 0. The van der Waals surface area contributed by atoms with Crippen molar-refractivity contribution in [3.63, 3.8) is 0 Å². The topological polar surface area (TPSA) is 195 Å². The molecular weight excluding hydrogens is 507 g/mol. The number of carbonyl (C=O) groups is 3. The van der Waals surface area contributed by atoms with Gasteiger partial charge in [0.15, 0.2) is 10.8 Å². The molecule has 0 saturated carbocycles. The molecule has 0 radical (unpaired) electrons. The first-order chi connectivity index (χ1) is 14.5. The number of aromatic nitrogens is 1. The number of thiazole rings is 1. The molecule has 2 aliphatic rings. The van der Waals surface area contributed by atoms with Gasteiger partial charge in [0.2, 0.25) is 9.84 Å². The van der Waals surface area contributed by atoms with Crippen LogP contribution in [0.1, 0.15) is 5.69 Å². The molecule has 168 valence electrons. The average Bonchev–Trinajstić information content (AvgIpc) is 3.11. The second-order valence-electron chi connectivity index (χ2n) is 6.19. The van der Waals surface area contributed by atoms with E-state index >= 15 is 0 Å². The summed E-state index contributed by atoms with van der Waals surface area (Å²) in [5.41, 5.74) is 3.61. The number of oxime groups is 1. The average molecular weight is 519 g/mol. The number of fused-ring (bicyclic) bond motifs is 1. The molecule has 2 amide bonds. The Kier molecular flexibility index (Phi) is 8.27. The van der Waals surface area contributed by atoms with E-state index in [4.69, 9.17) is 10.9 Å². The molecule has 2 aliphatic heterocycles. The van der Waals surface area contributed by atoms with Gasteiger partial charge in [0.1, 0.15) is 17.1 Å². The van der Waals surface area contributed by atoms with Crippen LogP contribution in [0, 0.1) is 0 Å². The van der Waals surface area contributed by atoms with Crippen molar-refractivity contribution in [2.24, 2.45) is 5.16 Å². The van der Waals surface area contributed by atoms with Gasteiger partial charge >= 0.3 is 35.3 Å². The van der Waals surface area contributed by atoms with Gasteiger partial charge in [-0.3, -0.25) is 14.5 Å². The van der Waals surface area contributed by atoms with Crippen molar-refractivity contribution in [2.75, 3.05) is 17.2 Å². The van der Waals surface area contributed by atoms with E-state index in [1.54, 1.807) is 0 Å². The molecule has 1 unspecified atom stereocenters. The van der Waals surface area contributed by atoms with Crippen molar-refractivity contribution >= 4 is 61.6 Å². The number of nitrogens with two attached hydrogens (primary N) is 1. The fraction of sp³-hybridized carbons (Fsp3) is 0.357. The number of anilines is 1. The Morgan fingerprint density at radius 1 is 1.47 bits per heavy atom. The van der Waals surface area contributed by atoms with Gasteiger partial charge in [-0.1, -0.05) is 5.16 Å². The van der Waals surface area contributed by atoms with Gasteiger partial charge in [-0.15, -0.1) is 23.1 Å². The Morgan fingerprint density at radius 2 is 2.12 bits per heavy atom. The van der Waals surface area contributed by atoms with Crippen molar-refractivity contribution in [3.05, 3.63) is 22.3 Å². The molecule has 0 bridgehead atoms. The number of hydrogen-bond donors (Lipinski definition) is 3. The SMILES string of the molecule is Nc1nc(/C(=N/O)C(=O)NC2C(=O)N3C(C(=O)[O-])=C(CS(=O)(=O)C(F)F)CS[C@H]23)cs1.[Na+]. The molecule has 3 rings (SSSR count). The molecule has 0 aromatic carbocycles. The minimum atomic E-state index is -4.94. The van der Waals surface area contributed by atoms with E-state index in [9.17, 15) is 36.7 Å². The van der Waals surface area contributed by atoms with Gasteiger partial charge in [0, 0.05) is 11.1 Å². The maximum absolute atomic E-state index is 12.7. The van der Waals surface area contributed by atoms with Crippen LogP contribution in [-0.2, 0) is 24.2 Å². The number of sulfone groups is 1. The Balaban J connectivity index is 0.00000363. The molecule has 1 aromatic heterocycles. The predicted molar refractivity (Wildman–Crippen MR) is 102 cm³/mol. The van der Waals surface area contributed by atoms with Crippen LogP contribution in [0.5, 0.6) is 0 Å². The van der Waals surface area contributed by atoms with Crippen LogP contribution < -0.4 is 45.7 Å². The van der Waals surface area contributed by atoms with E-state index in [1.165, 1.54) is 5.38 Å². The number of carbonyl (C=O) groups excluding carboxylic acids is 3.